The van der Waals surface area contributed by atoms with Gasteiger partial charge in [-0.2, -0.15) is 9.97 Å². The first-order valence-corrected chi connectivity index (χ1v) is 10.9. The van der Waals surface area contributed by atoms with Gasteiger partial charge < -0.3 is 19.1 Å². The maximum absolute atomic E-state index is 13.5. The highest BCUT2D eigenvalue weighted by atomic mass is 16.5. The Balaban J connectivity index is 1.28. The van der Waals surface area contributed by atoms with Crippen molar-refractivity contribution in [2.24, 2.45) is 5.41 Å². The summed E-state index contributed by atoms with van der Waals surface area (Å²) in [6.45, 7) is 4.61. The normalized spacial score (nSPS) is 17.9. The standard InChI is InChI=1S/C23H26N6O3/c1-16-25-20(32-27-16)18-6-4-3-5-17(18)15-29-14-10-23(21(29)30)8-12-28(13-9-23)22-24-11-7-19(26-22)31-2/h3-7,11H,8-10,12-15H2,1-2H3. The smallest absolute Gasteiger partial charge is 0.258 e. The molecule has 2 saturated heterocycles. The minimum atomic E-state index is -0.300. The number of ether oxygens (including phenoxy) is 1. The van der Waals surface area contributed by atoms with Crippen molar-refractivity contribution < 1.29 is 14.1 Å². The van der Waals surface area contributed by atoms with E-state index in [9.17, 15) is 4.79 Å². The Morgan fingerprint density at radius 3 is 2.62 bits per heavy atom. The lowest BCUT2D eigenvalue weighted by Crippen LogP contribution is -2.45. The van der Waals surface area contributed by atoms with Crippen LogP contribution in [0.1, 0.15) is 30.7 Å². The van der Waals surface area contributed by atoms with Gasteiger partial charge in [0.2, 0.25) is 17.7 Å². The minimum Gasteiger partial charge on any atom is -0.481 e. The zero-order chi connectivity index (χ0) is 22.1. The molecule has 0 bridgehead atoms. The Labute approximate surface area is 186 Å². The van der Waals surface area contributed by atoms with Crippen molar-refractivity contribution in [1.29, 1.82) is 0 Å². The molecule has 3 aromatic rings. The monoisotopic (exact) mass is 434 g/mol. The van der Waals surface area contributed by atoms with Crippen LogP contribution in [0.2, 0.25) is 0 Å². The van der Waals surface area contributed by atoms with Crippen LogP contribution in [0.15, 0.2) is 41.1 Å². The molecule has 0 saturated carbocycles. The molecule has 2 aromatic heterocycles. The highest BCUT2D eigenvalue weighted by Crippen LogP contribution is 2.43. The number of hydrogen-bond donors (Lipinski definition) is 0. The molecule has 0 atom stereocenters. The van der Waals surface area contributed by atoms with Crippen molar-refractivity contribution >= 4 is 11.9 Å². The Morgan fingerprint density at radius 2 is 1.88 bits per heavy atom. The third-order valence-corrected chi connectivity index (χ3v) is 6.57. The predicted octanol–water partition coefficient (Wildman–Crippen LogP) is 2.86. The molecule has 5 rings (SSSR count). The highest BCUT2D eigenvalue weighted by Gasteiger charge is 2.48. The second kappa shape index (κ2) is 8.22. The Hall–Kier alpha value is -3.49. The lowest BCUT2D eigenvalue weighted by molar-refractivity contribution is -0.137. The largest absolute Gasteiger partial charge is 0.481 e. The summed E-state index contributed by atoms with van der Waals surface area (Å²) in [5.74, 6) is 2.53. The molecule has 2 fully saturated rings. The zero-order valence-corrected chi connectivity index (χ0v) is 18.3. The molecule has 1 aromatic carbocycles. The summed E-state index contributed by atoms with van der Waals surface area (Å²) >= 11 is 0. The Bertz CT molecular complexity index is 1120. The molecule has 9 nitrogen and oxygen atoms in total. The lowest BCUT2D eigenvalue weighted by atomic mass is 9.77. The molecular formula is C23H26N6O3. The summed E-state index contributed by atoms with van der Waals surface area (Å²) in [6, 6.07) is 9.65. The SMILES string of the molecule is COc1ccnc(N2CCC3(CCN(Cc4ccccc4-c4nc(C)no4)C3=O)CC2)n1. The fraction of sp³-hybridized carbons (Fsp3) is 0.435. The first kappa shape index (κ1) is 20.4. The molecule has 32 heavy (non-hydrogen) atoms. The number of carbonyl (C=O) groups is 1. The first-order valence-electron chi connectivity index (χ1n) is 10.9. The van der Waals surface area contributed by atoms with Crippen molar-refractivity contribution in [2.45, 2.75) is 32.7 Å². The number of amides is 1. The van der Waals surface area contributed by atoms with Gasteiger partial charge in [0.15, 0.2) is 5.82 Å². The second-order valence-corrected chi connectivity index (χ2v) is 8.45. The molecule has 166 valence electrons. The molecule has 9 heteroatoms. The summed E-state index contributed by atoms with van der Waals surface area (Å²) < 4.78 is 10.6. The van der Waals surface area contributed by atoms with Crippen LogP contribution < -0.4 is 9.64 Å². The van der Waals surface area contributed by atoms with Gasteiger partial charge in [0.1, 0.15) is 0 Å². The van der Waals surface area contributed by atoms with E-state index in [4.69, 9.17) is 9.26 Å². The van der Waals surface area contributed by atoms with Crippen LogP contribution in [-0.2, 0) is 11.3 Å². The van der Waals surface area contributed by atoms with Crippen LogP contribution in [0.25, 0.3) is 11.5 Å². The van der Waals surface area contributed by atoms with Gasteiger partial charge in [0.25, 0.3) is 5.89 Å². The minimum absolute atomic E-state index is 0.236. The molecule has 0 unspecified atom stereocenters. The van der Waals surface area contributed by atoms with Crippen molar-refractivity contribution in [1.82, 2.24) is 25.0 Å². The molecule has 0 radical (unpaired) electrons. The van der Waals surface area contributed by atoms with Crippen molar-refractivity contribution in [3.05, 3.63) is 47.9 Å². The van der Waals surface area contributed by atoms with Crippen molar-refractivity contribution in [3.8, 4) is 17.3 Å². The van der Waals surface area contributed by atoms with Gasteiger partial charge >= 0.3 is 0 Å². The van der Waals surface area contributed by atoms with Gasteiger partial charge in [-0.05, 0) is 37.8 Å². The Kier molecular flexibility index (Phi) is 5.24. The molecule has 0 aliphatic carbocycles. The number of aromatic nitrogens is 4. The van der Waals surface area contributed by atoms with E-state index < -0.39 is 0 Å². The van der Waals surface area contributed by atoms with E-state index in [1.165, 1.54) is 0 Å². The van der Waals surface area contributed by atoms with Gasteiger partial charge in [-0.1, -0.05) is 23.4 Å². The third kappa shape index (κ3) is 3.68. The van der Waals surface area contributed by atoms with Crippen LogP contribution in [0, 0.1) is 12.3 Å². The number of rotatable bonds is 5. The number of hydrogen-bond acceptors (Lipinski definition) is 8. The zero-order valence-electron chi connectivity index (χ0n) is 18.3. The van der Waals surface area contributed by atoms with Gasteiger partial charge in [-0.15, -0.1) is 0 Å². The van der Waals surface area contributed by atoms with Gasteiger partial charge in [0.05, 0.1) is 12.5 Å². The molecule has 1 amide bonds. The van der Waals surface area contributed by atoms with Crippen LogP contribution in [-0.4, -0.2) is 57.7 Å². The van der Waals surface area contributed by atoms with Gasteiger partial charge in [-0.3, -0.25) is 4.79 Å². The second-order valence-electron chi connectivity index (χ2n) is 8.45. The summed E-state index contributed by atoms with van der Waals surface area (Å²) in [5, 5.41) is 3.90. The van der Waals surface area contributed by atoms with Crippen LogP contribution in [0.5, 0.6) is 5.88 Å². The van der Waals surface area contributed by atoms with Crippen molar-refractivity contribution in [3.63, 3.8) is 0 Å². The van der Waals surface area contributed by atoms with E-state index >= 15 is 0 Å². The van der Waals surface area contributed by atoms with Crippen LogP contribution >= 0.6 is 0 Å². The number of methoxy groups -OCH3 is 1. The summed E-state index contributed by atoms with van der Waals surface area (Å²) in [5.41, 5.74) is 1.60. The fourth-order valence-electron chi connectivity index (χ4n) is 4.72. The number of piperidine rings is 1. The molecule has 2 aliphatic rings. The lowest BCUT2D eigenvalue weighted by Gasteiger charge is -2.38. The Morgan fingerprint density at radius 1 is 1.09 bits per heavy atom. The number of aryl methyl sites for hydroxylation is 1. The van der Waals surface area contributed by atoms with E-state index in [2.05, 4.69) is 25.0 Å². The molecule has 4 heterocycles. The van der Waals surface area contributed by atoms with E-state index in [1.807, 2.05) is 29.2 Å². The average molecular weight is 435 g/mol. The van der Waals surface area contributed by atoms with Crippen molar-refractivity contribution in [2.75, 3.05) is 31.6 Å². The summed E-state index contributed by atoms with van der Waals surface area (Å²) in [6.07, 6.45) is 4.18. The first-order chi connectivity index (χ1) is 15.6. The van der Waals surface area contributed by atoms with Crippen LogP contribution in [0.4, 0.5) is 5.95 Å². The average Bonchev–Trinajstić information content (AvgIpc) is 3.39. The highest BCUT2D eigenvalue weighted by molar-refractivity contribution is 5.85. The number of likely N-dealkylation sites (tertiary alicyclic amines) is 1. The number of nitrogens with zero attached hydrogens (tertiary/aromatic N) is 6. The van der Waals surface area contributed by atoms with Gasteiger partial charge in [0, 0.05) is 44.0 Å². The van der Waals surface area contributed by atoms with E-state index in [-0.39, 0.29) is 11.3 Å². The molecule has 0 N–H and O–H groups in total. The molecule has 2 aliphatic heterocycles. The van der Waals surface area contributed by atoms with E-state index in [0.717, 1.165) is 50.0 Å². The molecular weight excluding hydrogens is 408 g/mol. The summed E-state index contributed by atoms with van der Waals surface area (Å²) in [4.78, 5) is 30.8. The number of anilines is 1. The van der Waals surface area contributed by atoms with Crippen LogP contribution in [0.3, 0.4) is 0 Å². The fourth-order valence-corrected chi connectivity index (χ4v) is 4.72. The number of benzene rings is 1. The van der Waals surface area contributed by atoms with Gasteiger partial charge in [-0.25, -0.2) is 4.98 Å². The quantitative estimate of drug-likeness (QED) is 0.605. The van der Waals surface area contributed by atoms with E-state index in [0.29, 0.717) is 30.1 Å². The summed E-state index contributed by atoms with van der Waals surface area (Å²) in [7, 11) is 1.60. The maximum Gasteiger partial charge on any atom is 0.258 e. The number of carbonyl (C=O) groups excluding carboxylic acids is 1. The van der Waals surface area contributed by atoms with E-state index in [1.54, 1.807) is 26.3 Å². The topological polar surface area (TPSA) is 97.5 Å². The maximum atomic E-state index is 13.5. The third-order valence-electron chi connectivity index (χ3n) is 6.57. The predicted molar refractivity (Wildman–Crippen MR) is 117 cm³/mol. The molecule has 1 spiro atoms.